The molecule has 0 aromatic rings. The molecule has 0 bridgehead atoms. The van der Waals surface area contributed by atoms with Gasteiger partial charge in [0.2, 0.25) is 0 Å². The minimum absolute atomic E-state index is 0.625. The fourth-order valence-corrected chi connectivity index (χ4v) is 0. The van der Waals surface area contributed by atoms with Gasteiger partial charge in [-0.25, -0.2) is 0 Å². The van der Waals surface area contributed by atoms with E-state index in [9.17, 15) is 0 Å². The lowest BCUT2D eigenvalue weighted by Gasteiger charge is -1.47. The Labute approximate surface area is 38.9 Å². The van der Waals surface area contributed by atoms with Gasteiger partial charge in [0.05, 0.1) is 6.07 Å². The quantitative estimate of drug-likeness (QED) is 0.409. The summed E-state index contributed by atoms with van der Waals surface area (Å²) in [5, 5.41) is 7.62. The van der Waals surface area contributed by atoms with Crippen molar-refractivity contribution >= 4 is 0 Å². The highest BCUT2D eigenvalue weighted by Gasteiger charge is 1.49. The molecule has 0 spiro atoms. The van der Waals surface area contributed by atoms with Crippen molar-refractivity contribution in [2.45, 2.75) is 13.3 Å². The van der Waals surface area contributed by atoms with Crippen LogP contribution in [0.1, 0.15) is 13.3 Å². The first-order valence-electron chi connectivity index (χ1n) is 1.78. The summed E-state index contributed by atoms with van der Waals surface area (Å²) in [6.07, 6.45) is 0.625. The lowest BCUT2D eigenvalue weighted by atomic mass is 10.6. The molecule has 0 rings (SSSR count). The molecule has 0 saturated heterocycles. The minimum Gasteiger partial charge on any atom is -0.198 e. The van der Waals surface area contributed by atoms with E-state index in [-0.39, 0.29) is 0 Å². The van der Waals surface area contributed by atoms with E-state index in [0.29, 0.717) is 6.42 Å². The molecular formula is C5H9N. The van der Waals surface area contributed by atoms with Gasteiger partial charge in [0, 0.05) is 6.42 Å². The van der Waals surface area contributed by atoms with E-state index in [1.54, 1.807) is 0 Å². The van der Waals surface area contributed by atoms with Gasteiger partial charge in [0.1, 0.15) is 0 Å². The first kappa shape index (κ1) is 8.97. The van der Waals surface area contributed by atoms with Crippen LogP contribution in [0.5, 0.6) is 0 Å². The summed E-state index contributed by atoms with van der Waals surface area (Å²) >= 11 is 0. The molecule has 1 nitrogen and oxygen atoms in total. The summed E-state index contributed by atoms with van der Waals surface area (Å²) in [4.78, 5) is 0. The van der Waals surface area contributed by atoms with E-state index >= 15 is 0 Å². The Morgan fingerprint density at radius 2 is 1.83 bits per heavy atom. The van der Waals surface area contributed by atoms with Gasteiger partial charge in [0.15, 0.2) is 0 Å². The highest BCUT2D eigenvalue weighted by atomic mass is 14.2. The summed E-state index contributed by atoms with van der Waals surface area (Å²) < 4.78 is 0. The lowest BCUT2D eigenvalue weighted by molar-refractivity contribution is 1.22. The molecule has 0 atom stereocenters. The predicted molar refractivity (Wildman–Crippen MR) is 27.2 cm³/mol. The molecule has 0 fully saturated rings. The van der Waals surface area contributed by atoms with Crippen molar-refractivity contribution in [2.24, 2.45) is 0 Å². The summed E-state index contributed by atoms with van der Waals surface area (Å²) in [6, 6.07) is 1.93. The molecule has 34 valence electrons. The van der Waals surface area contributed by atoms with Crippen LogP contribution in [0.15, 0.2) is 13.2 Å². The van der Waals surface area contributed by atoms with Crippen molar-refractivity contribution in [3.63, 3.8) is 0 Å². The van der Waals surface area contributed by atoms with E-state index in [0.717, 1.165) is 0 Å². The normalized spacial score (nSPS) is 4.00. The van der Waals surface area contributed by atoms with Gasteiger partial charge in [-0.15, -0.1) is 13.2 Å². The predicted octanol–water partition coefficient (Wildman–Crippen LogP) is 1.72. The van der Waals surface area contributed by atoms with Crippen LogP contribution in [-0.4, -0.2) is 0 Å². The number of hydrogen-bond acceptors (Lipinski definition) is 1. The molecule has 0 radical (unpaired) electrons. The largest absolute Gasteiger partial charge is 0.198 e. The molecule has 6 heavy (non-hydrogen) atoms. The highest BCUT2D eigenvalue weighted by Crippen LogP contribution is 1.58. The second-order valence-corrected chi connectivity index (χ2v) is 0.512. The molecule has 0 unspecified atom stereocenters. The molecule has 0 heterocycles. The van der Waals surface area contributed by atoms with E-state index in [4.69, 9.17) is 5.26 Å². The SMILES string of the molecule is C=C.CCC#N. The average molecular weight is 83.1 g/mol. The van der Waals surface area contributed by atoms with Crippen molar-refractivity contribution in [3.05, 3.63) is 13.2 Å². The third-order valence-electron chi connectivity index (χ3n) is 0.158. The maximum absolute atomic E-state index is 7.62. The molecule has 1 heteroatoms. The van der Waals surface area contributed by atoms with Crippen molar-refractivity contribution in [2.75, 3.05) is 0 Å². The standard InChI is InChI=1S/C3H5N.C2H4/c1-2-3-4;1-2/h2H2,1H3;1-2H2. The summed E-state index contributed by atoms with van der Waals surface area (Å²) in [5.41, 5.74) is 0. The Hall–Kier alpha value is -0.770. The van der Waals surface area contributed by atoms with Crippen LogP contribution in [0, 0.1) is 11.3 Å². The minimum atomic E-state index is 0.625. The number of nitriles is 1. The maximum atomic E-state index is 7.62. The molecule has 0 aliphatic heterocycles. The number of nitrogens with zero attached hydrogens (tertiary/aromatic N) is 1. The Morgan fingerprint density at radius 1 is 1.67 bits per heavy atom. The second-order valence-electron chi connectivity index (χ2n) is 0.512. The van der Waals surface area contributed by atoms with Crippen molar-refractivity contribution in [1.29, 1.82) is 5.26 Å². The van der Waals surface area contributed by atoms with Crippen LogP contribution in [0.3, 0.4) is 0 Å². The van der Waals surface area contributed by atoms with Crippen LogP contribution >= 0.6 is 0 Å². The van der Waals surface area contributed by atoms with Crippen LogP contribution < -0.4 is 0 Å². The molecule has 0 saturated carbocycles. The van der Waals surface area contributed by atoms with E-state index in [2.05, 4.69) is 13.2 Å². The van der Waals surface area contributed by atoms with Crippen LogP contribution in [-0.2, 0) is 0 Å². The molecule has 0 aromatic heterocycles. The van der Waals surface area contributed by atoms with Crippen molar-refractivity contribution in [3.8, 4) is 6.07 Å². The highest BCUT2D eigenvalue weighted by molar-refractivity contribution is 4.61. The van der Waals surface area contributed by atoms with Gasteiger partial charge in [0.25, 0.3) is 0 Å². The van der Waals surface area contributed by atoms with E-state index in [1.165, 1.54) is 0 Å². The average Bonchev–Trinajstić information content (AvgIpc) is 1.72. The first-order chi connectivity index (χ1) is 2.91. The molecule has 0 aromatic carbocycles. The van der Waals surface area contributed by atoms with Crippen LogP contribution in [0.25, 0.3) is 0 Å². The molecule has 0 aliphatic rings. The molecular weight excluding hydrogens is 74.1 g/mol. The Morgan fingerprint density at radius 3 is 1.83 bits per heavy atom. The van der Waals surface area contributed by atoms with E-state index < -0.39 is 0 Å². The maximum Gasteiger partial charge on any atom is 0.0618 e. The Bertz CT molecular complexity index is 42.4. The van der Waals surface area contributed by atoms with Crippen molar-refractivity contribution < 1.29 is 0 Å². The summed E-state index contributed by atoms with van der Waals surface area (Å²) in [7, 11) is 0. The lowest BCUT2D eigenvalue weighted by Crippen LogP contribution is -1.38. The number of rotatable bonds is 0. The monoisotopic (exact) mass is 83.1 g/mol. The number of hydrogen-bond donors (Lipinski definition) is 0. The first-order valence-corrected chi connectivity index (χ1v) is 1.78. The smallest absolute Gasteiger partial charge is 0.0618 e. The molecule has 0 N–H and O–H groups in total. The van der Waals surface area contributed by atoms with Crippen molar-refractivity contribution in [1.82, 2.24) is 0 Å². The topological polar surface area (TPSA) is 23.8 Å². The summed E-state index contributed by atoms with van der Waals surface area (Å²) in [5.74, 6) is 0. The summed E-state index contributed by atoms with van der Waals surface area (Å²) in [6.45, 7) is 7.82. The van der Waals surface area contributed by atoms with Crippen LogP contribution in [0.2, 0.25) is 0 Å². The fraction of sp³-hybridized carbons (Fsp3) is 0.400. The third kappa shape index (κ3) is 304. The van der Waals surface area contributed by atoms with Gasteiger partial charge < -0.3 is 0 Å². The van der Waals surface area contributed by atoms with Gasteiger partial charge in [-0.05, 0) is 0 Å². The van der Waals surface area contributed by atoms with Gasteiger partial charge in [-0.3, -0.25) is 0 Å². The van der Waals surface area contributed by atoms with Gasteiger partial charge >= 0.3 is 0 Å². The zero-order valence-corrected chi connectivity index (χ0v) is 4.07. The molecule has 0 aliphatic carbocycles. The zero-order valence-electron chi connectivity index (χ0n) is 4.07. The zero-order chi connectivity index (χ0) is 5.41. The van der Waals surface area contributed by atoms with E-state index in [1.807, 2.05) is 13.0 Å². The third-order valence-corrected chi connectivity index (χ3v) is 0.158. The Balaban J connectivity index is 0. The molecule has 0 amide bonds. The Kier molecular flexibility index (Phi) is 43.6. The van der Waals surface area contributed by atoms with Crippen LogP contribution in [0.4, 0.5) is 0 Å². The van der Waals surface area contributed by atoms with Gasteiger partial charge in [-0.2, -0.15) is 5.26 Å². The van der Waals surface area contributed by atoms with Gasteiger partial charge in [-0.1, -0.05) is 6.92 Å². The fourth-order valence-electron chi connectivity index (χ4n) is 0. The second kappa shape index (κ2) is 29.2.